The SMILES string of the molecule is Cc1csc(NC(=O)CN(Cc2ccccc2C(F)(F)F)C2CC2)n1. The second kappa shape index (κ2) is 7.13. The second-order valence-corrected chi connectivity index (χ2v) is 6.99. The molecule has 1 amide bonds. The lowest BCUT2D eigenvalue weighted by atomic mass is 10.1. The molecule has 1 fully saturated rings. The van der Waals surface area contributed by atoms with Crippen molar-refractivity contribution < 1.29 is 18.0 Å². The van der Waals surface area contributed by atoms with Crippen molar-refractivity contribution in [1.29, 1.82) is 0 Å². The average Bonchev–Trinajstić information content (AvgIpc) is 3.30. The summed E-state index contributed by atoms with van der Waals surface area (Å²) in [5.41, 5.74) is 0.370. The van der Waals surface area contributed by atoms with Crippen LogP contribution < -0.4 is 5.32 Å². The van der Waals surface area contributed by atoms with Gasteiger partial charge in [0.05, 0.1) is 17.8 Å². The Labute approximate surface area is 147 Å². The van der Waals surface area contributed by atoms with E-state index in [-0.39, 0.29) is 30.6 Å². The zero-order chi connectivity index (χ0) is 18.0. The predicted octanol–water partition coefficient (Wildman–Crippen LogP) is 4.07. The Balaban J connectivity index is 1.69. The number of hydrogen-bond acceptors (Lipinski definition) is 4. The molecule has 3 rings (SSSR count). The summed E-state index contributed by atoms with van der Waals surface area (Å²) in [5, 5.41) is 5.05. The molecule has 0 atom stereocenters. The van der Waals surface area contributed by atoms with E-state index < -0.39 is 11.7 Å². The molecule has 134 valence electrons. The monoisotopic (exact) mass is 369 g/mol. The van der Waals surface area contributed by atoms with Gasteiger partial charge >= 0.3 is 6.18 Å². The Morgan fingerprint density at radius 2 is 2.08 bits per heavy atom. The van der Waals surface area contributed by atoms with Gasteiger partial charge in [-0.1, -0.05) is 18.2 Å². The van der Waals surface area contributed by atoms with E-state index in [4.69, 9.17) is 0 Å². The van der Waals surface area contributed by atoms with Crippen LogP contribution in [0.4, 0.5) is 18.3 Å². The number of thiazole rings is 1. The van der Waals surface area contributed by atoms with Gasteiger partial charge in [-0.05, 0) is 31.4 Å². The van der Waals surface area contributed by atoms with Gasteiger partial charge in [-0.25, -0.2) is 4.98 Å². The van der Waals surface area contributed by atoms with Crippen LogP contribution in [0.2, 0.25) is 0 Å². The normalized spacial score (nSPS) is 14.8. The predicted molar refractivity (Wildman–Crippen MR) is 90.4 cm³/mol. The number of carbonyl (C=O) groups excluding carboxylic acids is 1. The number of benzene rings is 1. The maximum atomic E-state index is 13.2. The highest BCUT2D eigenvalue weighted by molar-refractivity contribution is 7.13. The largest absolute Gasteiger partial charge is 0.416 e. The number of alkyl halides is 3. The molecule has 2 aromatic rings. The number of nitrogens with zero attached hydrogens (tertiary/aromatic N) is 2. The first-order chi connectivity index (χ1) is 11.8. The van der Waals surface area contributed by atoms with E-state index in [1.165, 1.54) is 23.5 Å². The maximum absolute atomic E-state index is 13.2. The Kier molecular flexibility index (Phi) is 5.10. The van der Waals surface area contributed by atoms with E-state index >= 15 is 0 Å². The van der Waals surface area contributed by atoms with Gasteiger partial charge < -0.3 is 5.32 Å². The molecule has 1 N–H and O–H groups in total. The van der Waals surface area contributed by atoms with Crippen molar-refractivity contribution >= 4 is 22.4 Å². The lowest BCUT2D eigenvalue weighted by Crippen LogP contribution is -2.35. The second-order valence-electron chi connectivity index (χ2n) is 6.13. The molecule has 1 saturated carbocycles. The number of anilines is 1. The maximum Gasteiger partial charge on any atom is 0.416 e. The van der Waals surface area contributed by atoms with Gasteiger partial charge in [0.25, 0.3) is 0 Å². The van der Waals surface area contributed by atoms with Crippen LogP contribution >= 0.6 is 11.3 Å². The fourth-order valence-corrected chi connectivity index (χ4v) is 3.37. The number of carbonyl (C=O) groups is 1. The quantitative estimate of drug-likeness (QED) is 0.835. The molecule has 0 spiro atoms. The van der Waals surface area contributed by atoms with Gasteiger partial charge in [-0.3, -0.25) is 9.69 Å². The average molecular weight is 369 g/mol. The van der Waals surface area contributed by atoms with Crippen molar-refractivity contribution in [2.75, 3.05) is 11.9 Å². The highest BCUT2D eigenvalue weighted by Crippen LogP contribution is 2.34. The number of aryl methyl sites for hydroxylation is 1. The number of amides is 1. The molecule has 4 nitrogen and oxygen atoms in total. The Morgan fingerprint density at radius 1 is 1.36 bits per heavy atom. The molecule has 0 unspecified atom stereocenters. The fourth-order valence-electron chi connectivity index (χ4n) is 2.66. The fraction of sp³-hybridized carbons (Fsp3) is 0.412. The zero-order valence-corrected chi connectivity index (χ0v) is 14.5. The Hall–Kier alpha value is -1.93. The molecule has 0 saturated heterocycles. The van der Waals surface area contributed by atoms with Crippen LogP contribution in [0.15, 0.2) is 29.6 Å². The van der Waals surface area contributed by atoms with Crippen molar-refractivity contribution in [1.82, 2.24) is 9.88 Å². The summed E-state index contributed by atoms with van der Waals surface area (Å²) in [4.78, 5) is 18.2. The highest BCUT2D eigenvalue weighted by atomic mass is 32.1. The van der Waals surface area contributed by atoms with Gasteiger partial charge in [-0.15, -0.1) is 11.3 Å². The molecule has 1 aromatic heterocycles. The van der Waals surface area contributed by atoms with Crippen LogP contribution in [-0.4, -0.2) is 28.4 Å². The molecule has 25 heavy (non-hydrogen) atoms. The van der Waals surface area contributed by atoms with E-state index in [9.17, 15) is 18.0 Å². The minimum Gasteiger partial charge on any atom is -0.301 e. The number of halogens is 3. The first kappa shape index (κ1) is 17.9. The van der Waals surface area contributed by atoms with E-state index in [2.05, 4.69) is 10.3 Å². The van der Waals surface area contributed by atoms with Crippen molar-refractivity contribution in [3.8, 4) is 0 Å². The lowest BCUT2D eigenvalue weighted by Gasteiger charge is -2.23. The first-order valence-corrected chi connectivity index (χ1v) is 8.82. The van der Waals surface area contributed by atoms with Gasteiger partial charge in [-0.2, -0.15) is 13.2 Å². The van der Waals surface area contributed by atoms with Crippen molar-refractivity contribution in [3.63, 3.8) is 0 Å². The summed E-state index contributed by atoms with van der Waals surface area (Å²) in [6, 6.07) is 5.68. The van der Waals surface area contributed by atoms with E-state index in [1.807, 2.05) is 12.3 Å². The molecule has 0 radical (unpaired) electrons. The summed E-state index contributed by atoms with van der Waals surface area (Å²) in [5.74, 6) is -0.259. The minimum absolute atomic E-state index is 0.0511. The molecule has 1 heterocycles. The van der Waals surface area contributed by atoms with Crippen LogP contribution in [0.5, 0.6) is 0 Å². The Morgan fingerprint density at radius 3 is 2.68 bits per heavy atom. The number of rotatable bonds is 6. The number of aromatic nitrogens is 1. The first-order valence-electron chi connectivity index (χ1n) is 7.94. The molecular formula is C17H18F3N3OS. The summed E-state index contributed by atoms with van der Waals surface area (Å²) in [7, 11) is 0. The van der Waals surface area contributed by atoms with Crippen molar-refractivity contribution in [2.24, 2.45) is 0 Å². The molecule has 0 aliphatic heterocycles. The van der Waals surface area contributed by atoms with Gasteiger partial charge in [0.15, 0.2) is 5.13 Å². The van der Waals surface area contributed by atoms with Crippen molar-refractivity contribution in [3.05, 3.63) is 46.5 Å². The summed E-state index contributed by atoms with van der Waals surface area (Å²) >= 11 is 1.33. The highest BCUT2D eigenvalue weighted by Gasteiger charge is 2.35. The van der Waals surface area contributed by atoms with Crippen LogP contribution in [0.25, 0.3) is 0 Å². The standard InChI is InChI=1S/C17H18F3N3OS/c1-11-10-25-16(21-11)22-15(24)9-23(13-6-7-13)8-12-4-2-3-5-14(12)17(18,19)20/h2-5,10,13H,6-9H2,1H3,(H,21,22,24). The third kappa shape index (κ3) is 4.79. The summed E-state index contributed by atoms with van der Waals surface area (Å²) in [6.07, 6.45) is -2.60. The van der Waals surface area contributed by atoms with E-state index in [0.29, 0.717) is 5.13 Å². The molecule has 0 bridgehead atoms. The molecule has 1 aromatic carbocycles. The topological polar surface area (TPSA) is 45.2 Å². The lowest BCUT2D eigenvalue weighted by molar-refractivity contribution is -0.138. The zero-order valence-electron chi connectivity index (χ0n) is 13.6. The van der Waals surface area contributed by atoms with Crippen LogP contribution in [0, 0.1) is 6.92 Å². The minimum atomic E-state index is -4.40. The summed E-state index contributed by atoms with van der Waals surface area (Å²) < 4.78 is 39.5. The molecule has 8 heteroatoms. The van der Waals surface area contributed by atoms with Crippen molar-refractivity contribution in [2.45, 2.75) is 38.5 Å². The van der Waals surface area contributed by atoms with Crippen LogP contribution in [-0.2, 0) is 17.5 Å². The smallest absolute Gasteiger partial charge is 0.301 e. The van der Waals surface area contributed by atoms with E-state index in [1.54, 1.807) is 11.0 Å². The van der Waals surface area contributed by atoms with Crippen LogP contribution in [0.3, 0.4) is 0 Å². The third-order valence-electron chi connectivity index (χ3n) is 3.97. The Bertz CT molecular complexity index is 756. The molecule has 1 aliphatic carbocycles. The van der Waals surface area contributed by atoms with Gasteiger partial charge in [0.2, 0.25) is 5.91 Å². The molecule has 1 aliphatic rings. The molecular weight excluding hydrogens is 351 g/mol. The number of hydrogen-bond donors (Lipinski definition) is 1. The van der Waals surface area contributed by atoms with Gasteiger partial charge in [0, 0.05) is 18.0 Å². The van der Waals surface area contributed by atoms with E-state index in [0.717, 1.165) is 24.6 Å². The van der Waals surface area contributed by atoms with Crippen LogP contribution in [0.1, 0.15) is 29.7 Å². The third-order valence-corrected chi connectivity index (χ3v) is 4.85. The summed E-state index contributed by atoms with van der Waals surface area (Å²) in [6.45, 7) is 1.98. The van der Waals surface area contributed by atoms with Gasteiger partial charge in [0.1, 0.15) is 0 Å². The number of nitrogens with one attached hydrogen (secondary N) is 1.